The number of nitrogens with two attached hydrogens (primary N) is 1. The molecule has 0 aliphatic carbocycles. The number of hydrogen-bond donors (Lipinski definition) is 3. The quantitative estimate of drug-likeness (QED) is 0.694. The topological polar surface area (TPSA) is 78.6 Å². The second-order valence-electron chi connectivity index (χ2n) is 5.60. The van der Waals surface area contributed by atoms with Crippen molar-refractivity contribution in [1.82, 2.24) is 4.90 Å². The third kappa shape index (κ3) is 3.87. The number of nitrogens with one attached hydrogen (secondary N) is 1. The first-order valence-electron chi connectivity index (χ1n) is 7.15. The van der Waals surface area contributed by atoms with E-state index in [0.29, 0.717) is 11.6 Å². The van der Waals surface area contributed by atoms with E-state index in [-0.39, 0.29) is 5.56 Å². The number of carbonyl (C=O) groups is 1. The van der Waals surface area contributed by atoms with Crippen LogP contribution in [0.1, 0.15) is 30.1 Å². The van der Waals surface area contributed by atoms with Crippen LogP contribution in [0.25, 0.3) is 0 Å². The smallest absolute Gasteiger partial charge is 0.335 e. The number of likely N-dealkylation sites (tertiary alicyclic amines) is 1. The van der Waals surface area contributed by atoms with Gasteiger partial charge in [0.25, 0.3) is 0 Å². The second-order valence-corrected chi connectivity index (χ2v) is 5.60. The molecule has 5 nitrogen and oxygen atoms in total. The molecule has 1 aromatic rings. The number of carboxylic acid groups (broad SMARTS) is 1. The first-order valence-corrected chi connectivity index (χ1v) is 7.15. The minimum Gasteiger partial charge on any atom is -0.478 e. The minimum absolute atomic E-state index is 0.221. The van der Waals surface area contributed by atoms with Gasteiger partial charge in [-0.3, -0.25) is 0 Å². The Bertz CT molecular complexity index is 470. The molecule has 110 valence electrons. The van der Waals surface area contributed by atoms with Crippen LogP contribution in [0.3, 0.4) is 0 Å². The van der Waals surface area contributed by atoms with Gasteiger partial charge < -0.3 is 21.1 Å². The molecule has 1 heterocycles. The van der Waals surface area contributed by atoms with Crippen molar-refractivity contribution < 1.29 is 9.90 Å². The third-order valence-electron chi connectivity index (χ3n) is 3.71. The lowest BCUT2D eigenvalue weighted by Crippen LogP contribution is -2.29. The number of hydrogen-bond acceptors (Lipinski definition) is 4. The van der Waals surface area contributed by atoms with E-state index in [1.807, 2.05) is 0 Å². The van der Waals surface area contributed by atoms with E-state index in [2.05, 4.69) is 17.1 Å². The molecule has 0 bridgehead atoms. The van der Waals surface area contributed by atoms with Gasteiger partial charge in [0.15, 0.2) is 0 Å². The van der Waals surface area contributed by atoms with Gasteiger partial charge in [-0.1, -0.05) is 6.92 Å². The molecule has 5 heteroatoms. The summed E-state index contributed by atoms with van der Waals surface area (Å²) < 4.78 is 0. The Kier molecular flexibility index (Phi) is 4.84. The predicted octanol–water partition coefficient (Wildman–Crippen LogP) is 2.11. The first-order chi connectivity index (χ1) is 9.56. The lowest BCUT2D eigenvalue weighted by Gasteiger charge is -2.21. The molecular formula is C15H23N3O2. The fourth-order valence-electron chi connectivity index (χ4n) is 2.61. The van der Waals surface area contributed by atoms with Crippen LogP contribution < -0.4 is 11.1 Å². The molecule has 0 radical (unpaired) electrons. The lowest BCUT2D eigenvalue weighted by molar-refractivity contribution is 0.0697. The minimum atomic E-state index is -0.953. The Labute approximate surface area is 119 Å². The van der Waals surface area contributed by atoms with Crippen LogP contribution in [0, 0.1) is 5.92 Å². The van der Waals surface area contributed by atoms with Gasteiger partial charge in [0.2, 0.25) is 0 Å². The Morgan fingerprint density at radius 1 is 1.45 bits per heavy atom. The zero-order valence-corrected chi connectivity index (χ0v) is 11.9. The fraction of sp³-hybridized carbons (Fsp3) is 0.533. The van der Waals surface area contributed by atoms with E-state index in [1.165, 1.54) is 32.0 Å². The average molecular weight is 277 g/mol. The summed E-state index contributed by atoms with van der Waals surface area (Å²) in [6.45, 7) is 6.57. The highest BCUT2D eigenvalue weighted by Crippen LogP contribution is 2.20. The van der Waals surface area contributed by atoms with Gasteiger partial charge in [-0.05, 0) is 50.0 Å². The highest BCUT2D eigenvalue weighted by molar-refractivity contribution is 5.90. The van der Waals surface area contributed by atoms with E-state index in [1.54, 1.807) is 12.1 Å². The second kappa shape index (κ2) is 6.61. The lowest BCUT2D eigenvalue weighted by atomic mass is 10.1. The molecule has 0 spiro atoms. The molecule has 1 fully saturated rings. The number of benzene rings is 1. The average Bonchev–Trinajstić information content (AvgIpc) is 2.90. The molecule has 20 heavy (non-hydrogen) atoms. The highest BCUT2D eigenvalue weighted by atomic mass is 16.4. The summed E-state index contributed by atoms with van der Waals surface area (Å²) in [6, 6.07) is 4.81. The molecule has 0 aromatic heterocycles. The van der Waals surface area contributed by atoms with E-state index < -0.39 is 5.97 Å². The van der Waals surface area contributed by atoms with Gasteiger partial charge in [-0.15, -0.1) is 0 Å². The van der Waals surface area contributed by atoms with Crippen molar-refractivity contribution in [3.63, 3.8) is 0 Å². The van der Waals surface area contributed by atoms with Gasteiger partial charge in [0, 0.05) is 13.1 Å². The fourth-order valence-corrected chi connectivity index (χ4v) is 2.61. The molecule has 1 saturated heterocycles. The van der Waals surface area contributed by atoms with Crippen LogP contribution in [0.15, 0.2) is 18.2 Å². The number of aromatic carboxylic acids is 1. The van der Waals surface area contributed by atoms with Crippen molar-refractivity contribution >= 4 is 17.3 Å². The summed E-state index contributed by atoms with van der Waals surface area (Å²) in [5.41, 5.74) is 7.39. The monoisotopic (exact) mass is 277 g/mol. The third-order valence-corrected chi connectivity index (χ3v) is 3.71. The maximum absolute atomic E-state index is 10.8. The molecule has 4 N–H and O–H groups in total. The van der Waals surface area contributed by atoms with Gasteiger partial charge in [-0.25, -0.2) is 4.79 Å². The van der Waals surface area contributed by atoms with Crippen LogP contribution in [0.4, 0.5) is 11.4 Å². The Morgan fingerprint density at radius 2 is 2.15 bits per heavy atom. The molecule has 1 aliphatic rings. The zero-order chi connectivity index (χ0) is 14.5. The van der Waals surface area contributed by atoms with Crippen molar-refractivity contribution in [2.45, 2.75) is 19.8 Å². The van der Waals surface area contributed by atoms with Crippen LogP contribution in [-0.4, -0.2) is 42.2 Å². The van der Waals surface area contributed by atoms with Crippen LogP contribution in [0.5, 0.6) is 0 Å². The maximum atomic E-state index is 10.8. The van der Waals surface area contributed by atoms with E-state index >= 15 is 0 Å². The van der Waals surface area contributed by atoms with E-state index in [0.717, 1.165) is 18.8 Å². The number of carboxylic acids is 1. The van der Waals surface area contributed by atoms with E-state index in [4.69, 9.17) is 10.8 Å². The molecule has 1 aliphatic heterocycles. The standard InChI is InChI=1S/C15H23N3O2/c1-11(10-18-6-2-3-7-18)9-17-14-5-4-12(15(19)20)8-13(14)16/h4-5,8,11,17H,2-3,6-7,9-10,16H2,1H3,(H,19,20). The van der Waals surface area contributed by atoms with Crippen molar-refractivity contribution in [2.24, 2.45) is 5.92 Å². The van der Waals surface area contributed by atoms with Crippen LogP contribution in [-0.2, 0) is 0 Å². The normalized spacial score (nSPS) is 17.1. The number of nitrogen functional groups attached to an aromatic ring is 1. The predicted molar refractivity (Wildman–Crippen MR) is 81.1 cm³/mol. The number of anilines is 2. The summed E-state index contributed by atoms with van der Waals surface area (Å²) >= 11 is 0. The summed E-state index contributed by atoms with van der Waals surface area (Å²) in [5, 5.41) is 12.2. The van der Waals surface area contributed by atoms with Gasteiger partial charge >= 0.3 is 5.97 Å². The summed E-state index contributed by atoms with van der Waals surface area (Å²) in [4.78, 5) is 13.3. The Hall–Kier alpha value is -1.75. The SMILES string of the molecule is CC(CNc1ccc(C(=O)O)cc1N)CN1CCCC1. The molecule has 1 atom stereocenters. The van der Waals surface area contributed by atoms with Crippen LogP contribution >= 0.6 is 0 Å². The van der Waals surface area contributed by atoms with Crippen molar-refractivity contribution in [1.29, 1.82) is 0 Å². The molecule has 0 saturated carbocycles. The number of nitrogens with zero attached hydrogens (tertiary/aromatic N) is 1. The van der Waals surface area contributed by atoms with E-state index in [9.17, 15) is 4.79 Å². The van der Waals surface area contributed by atoms with Gasteiger partial charge in [0.05, 0.1) is 16.9 Å². The van der Waals surface area contributed by atoms with Crippen molar-refractivity contribution in [2.75, 3.05) is 37.2 Å². The summed E-state index contributed by atoms with van der Waals surface area (Å²) in [5.74, 6) is -0.419. The highest BCUT2D eigenvalue weighted by Gasteiger charge is 2.14. The maximum Gasteiger partial charge on any atom is 0.335 e. The Morgan fingerprint density at radius 3 is 2.75 bits per heavy atom. The Balaban J connectivity index is 1.85. The molecule has 1 unspecified atom stereocenters. The van der Waals surface area contributed by atoms with Gasteiger partial charge in [-0.2, -0.15) is 0 Å². The van der Waals surface area contributed by atoms with Gasteiger partial charge in [0.1, 0.15) is 0 Å². The number of rotatable bonds is 6. The summed E-state index contributed by atoms with van der Waals surface area (Å²) in [7, 11) is 0. The summed E-state index contributed by atoms with van der Waals surface area (Å²) in [6.07, 6.45) is 2.62. The zero-order valence-electron chi connectivity index (χ0n) is 11.9. The largest absolute Gasteiger partial charge is 0.478 e. The molecule has 2 rings (SSSR count). The van der Waals surface area contributed by atoms with Crippen molar-refractivity contribution in [3.8, 4) is 0 Å². The molecular weight excluding hydrogens is 254 g/mol. The molecule has 0 amide bonds. The van der Waals surface area contributed by atoms with Crippen LogP contribution in [0.2, 0.25) is 0 Å². The molecule has 1 aromatic carbocycles. The van der Waals surface area contributed by atoms with Crippen molar-refractivity contribution in [3.05, 3.63) is 23.8 Å². The first kappa shape index (κ1) is 14.7.